The van der Waals surface area contributed by atoms with Gasteiger partial charge in [-0.05, 0) is 36.4 Å². The minimum atomic E-state index is 0.189. The van der Waals surface area contributed by atoms with Crippen molar-refractivity contribution in [3.63, 3.8) is 0 Å². The third kappa shape index (κ3) is 2.63. The van der Waals surface area contributed by atoms with Gasteiger partial charge in [-0.15, -0.1) is 0 Å². The van der Waals surface area contributed by atoms with Gasteiger partial charge in [0.1, 0.15) is 17.5 Å². The molecule has 6 nitrogen and oxygen atoms in total. The third-order valence-electron chi connectivity index (χ3n) is 3.73. The van der Waals surface area contributed by atoms with Gasteiger partial charge < -0.3 is 20.2 Å². The Kier molecular flexibility index (Phi) is 4.08. The molecule has 0 aliphatic rings. The molecule has 0 saturated carbocycles. The molecule has 0 saturated heterocycles. The van der Waals surface area contributed by atoms with Crippen LogP contribution in [0.5, 0.6) is 11.5 Å². The van der Waals surface area contributed by atoms with E-state index in [9.17, 15) is 5.26 Å². The van der Waals surface area contributed by atoms with Crippen LogP contribution in [0.3, 0.4) is 0 Å². The highest BCUT2D eigenvalue weighted by Crippen LogP contribution is 2.34. The van der Waals surface area contributed by atoms with Crippen LogP contribution in [0.2, 0.25) is 0 Å². The lowest BCUT2D eigenvalue weighted by Crippen LogP contribution is -2.00. The number of rotatable bonds is 4. The SMILES string of the molecule is COc1ccc(-c2cc(-c3ccc[nH]3)c(C#N)c(N)n2)cc1OC. The summed E-state index contributed by atoms with van der Waals surface area (Å²) >= 11 is 0. The Morgan fingerprint density at radius 3 is 2.54 bits per heavy atom. The molecule has 3 aromatic rings. The van der Waals surface area contributed by atoms with Crippen molar-refractivity contribution >= 4 is 5.82 Å². The first-order valence-corrected chi connectivity index (χ1v) is 7.24. The maximum Gasteiger partial charge on any atom is 0.161 e. The van der Waals surface area contributed by atoms with Gasteiger partial charge in [0.15, 0.2) is 11.5 Å². The van der Waals surface area contributed by atoms with Gasteiger partial charge in [0, 0.05) is 23.0 Å². The number of pyridine rings is 1. The number of nitrogens with two attached hydrogens (primary N) is 1. The first-order chi connectivity index (χ1) is 11.7. The molecule has 2 aromatic heterocycles. The molecule has 24 heavy (non-hydrogen) atoms. The molecule has 0 fully saturated rings. The minimum absolute atomic E-state index is 0.189. The quantitative estimate of drug-likeness (QED) is 0.769. The number of benzene rings is 1. The Bertz CT molecular complexity index is 912. The number of nitrogen functional groups attached to an aromatic ring is 1. The number of anilines is 1. The van der Waals surface area contributed by atoms with Crippen molar-refractivity contribution in [2.75, 3.05) is 20.0 Å². The van der Waals surface area contributed by atoms with Crippen LogP contribution in [0.25, 0.3) is 22.5 Å². The van der Waals surface area contributed by atoms with Crippen LogP contribution in [0.1, 0.15) is 5.56 Å². The second-order valence-corrected chi connectivity index (χ2v) is 5.08. The van der Waals surface area contributed by atoms with E-state index in [0.29, 0.717) is 28.3 Å². The molecule has 0 aliphatic heterocycles. The summed E-state index contributed by atoms with van der Waals surface area (Å²) in [5.41, 5.74) is 9.33. The Morgan fingerprint density at radius 2 is 1.92 bits per heavy atom. The van der Waals surface area contributed by atoms with E-state index in [1.807, 2.05) is 30.3 Å². The Hall–Kier alpha value is -3.46. The standard InChI is InChI=1S/C18H16N4O2/c1-23-16-6-5-11(8-17(16)24-2)15-9-12(14-4-3-7-21-14)13(10-19)18(20)22-15/h3-9,21H,1-2H3,(H2,20,22). The molecule has 2 heterocycles. The minimum Gasteiger partial charge on any atom is -0.493 e. The highest BCUT2D eigenvalue weighted by molar-refractivity contribution is 5.79. The molecule has 0 bridgehead atoms. The van der Waals surface area contributed by atoms with E-state index in [1.54, 1.807) is 26.5 Å². The largest absolute Gasteiger partial charge is 0.493 e. The van der Waals surface area contributed by atoms with Gasteiger partial charge in [-0.25, -0.2) is 4.98 Å². The monoisotopic (exact) mass is 320 g/mol. The van der Waals surface area contributed by atoms with Crippen molar-refractivity contribution in [2.45, 2.75) is 0 Å². The summed E-state index contributed by atoms with van der Waals surface area (Å²) < 4.78 is 10.6. The Morgan fingerprint density at radius 1 is 1.12 bits per heavy atom. The maximum absolute atomic E-state index is 9.39. The molecule has 6 heteroatoms. The summed E-state index contributed by atoms with van der Waals surface area (Å²) in [5.74, 6) is 1.42. The first-order valence-electron chi connectivity index (χ1n) is 7.24. The third-order valence-corrected chi connectivity index (χ3v) is 3.73. The van der Waals surface area contributed by atoms with E-state index in [-0.39, 0.29) is 5.82 Å². The number of nitrogens with zero attached hydrogens (tertiary/aromatic N) is 2. The fourth-order valence-corrected chi connectivity index (χ4v) is 2.54. The lowest BCUT2D eigenvalue weighted by molar-refractivity contribution is 0.355. The molecule has 3 rings (SSSR count). The summed E-state index contributed by atoms with van der Waals surface area (Å²) in [6.45, 7) is 0. The molecule has 0 aliphatic carbocycles. The highest BCUT2D eigenvalue weighted by atomic mass is 16.5. The molecule has 3 N–H and O–H groups in total. The van der Waals surface area contributed by atoms with Crippen molar-refractivity contribution in [1.82, 2.24) is 9.97 Å². The number of nitriles is 1. The lowest BCUT2D eigenvalue weighted by atomic mass is 10.0. The van der Waals surface area contributed by atoms with Crippen LogP contribution in [-0.2, 0) is 0 Å². The van der Waals surface area contributed by atoms with Crippen LogP contribution in [-0.4, -0.2) is 24.2 Å². The van der Waals surface area contributed by atoms with Gasteiger partial charge in [-0.1, -0.05) is 0 Å². The number of methoxy groups -OCH3 is 2. The van der Waals surface area contributed by atoms with Crippen LogP contribution in [0.15, 0.2) is 42.6 Å². The van der Waals surface area contributed by atoms with E-state index in [4.69, 9.17) is 15.2 Å². The van der Waals surface area contributed by atoms with Gasteiger partial charge in [-0.2, -0.15) is 5.26 Å². The fourth-order valence-electron chi connectivity index (χ4n) is 2.54. The number of aromatic nitrogens is 2. The lowest BCUT2D eigenvalue weighted by Gasteiger charge is -2.12. The maximum atomic E-state index is 9.39. The molecular weight excluding hydrogens is 304 g/mol. The number of aromatic amines is 1. The van der Waals surface area contributed by atoms with Crippen LogP contribution in [0.4, 0.5) is 5.82 Å². The van der Waals surface area contributed by atoms with Crippen LogP contribution in [0, 0.1) is 11.3 Å². The summed E-state index contributed by atoms with van der Waals surface area (Å²) in [6, 6.07) is 13.2. The van der Waals surface area contributed by atoms with Gasteiger partial charge >= 0.3 is 0 Å². The van der Waals surface area contributed by atoms with Gasteiger partial charge in [0.25, 0.3) is 0 Å². The Labute approximate surface area is 139 Å². The fraction of sp³-hybridized carbons (Fsp3) is 0.111. The topological polar surface area (TPSA) is 97.0 Å². The normalized spacial score (nSPS) is 10.2. The van der Waals surface area contributed by atoms with Crippen LogP contribution >= 0.6 is 0 Å². The summed E-state index contributed by atoms with van der Waals surface area (Å²) in [6.07, 6.45) is 1.79. The average Bonchev–Trinajstić information content (AvgIpc) is 3.14. The average molecular weight is 320 g/mol. The zero-order valence-corrected chi connectivity index (χ0v) is 13.3. The number of ether oxygens (including phenoxy) is 2. The van der Waals surface area contributed by atoms with Crippen molar-refractivity contribution in [3.05, 3.63) is 48.2 Å². The first kappa shape index (κ1) is 15.4. The second kappa shape index (κ2) is 6.34. The Balaban J connectivity index is 2.18. The number of H-pyrrole nitrogens is 1. The van der Waals surface area contributed by atoms with Crippen molar-refractivity contribution in [1.29, 1.82) is 5.26 Å². The summed E-state index contributed by atoms with van der Waals surface area (Å²) in [5, 5.41) is 9.39. The summed E-state index contributed by atoms with van der Waals surface area (Å²) in [4.78, 5) is 7.46. The molecule has 1 aromatic carbocycles. The van der Waals surface area contributed by atoms with Crippen molar-refractivity contribution in [3.8, 4) is 40.1 Å². The van der Waals surface area contributed by atoms with Gasteiger partial charge in [0.2, 0.25) is 0 Å². The number of hydrogen-bond acceptors (Lipinski definition) is 5. The molecule has 120 valence electrons. The second-order valence-electron chi connectivity index (χ2n) is 5.08. The van der Waals surface area contributed by atoms with Crippen molar-refractivity contribution in [2.24, 2.45) is 0 Å². The summed E-state index contributed by atoms with van der Waals surface area (Å²) in [7, 11) is 3.16. The van der Waals surface area contributed by atoms with Gasteiger partial charge in [-0.3, -0.25) is 0 Å². The van der Waals surface area contributed by atoms with E-state index >= 15 is 0 Å². The van der Waals surface area contributed by atoms with Crippen LogP contribution < -0.4 is 15.2 Å². The molecular formula is C18H16N4O2. The van der Waals surface area contributed by atoms with E-state index in [2.05, 4.69) is 16.0 Å². The van der Waals surface area contributed by atoms with E-state index < -0.39 is 0 Å². The number of nitrogens with one attached hydrogen (secondary N) is 1. The molecule has 0 atom stereocenters. The zero-order valence-electron chi connectivity index (χ0n) is 13.3. The zero-order chi connectivity index (χ0) is 17.1. The smallest absolute Gasteiger partial charge is 0.161 e. The number of hydrogen-bond donors (Lipinski definition) is 2. The molecule has 0 unspecified atom stereocenters. The van der Waals surface area contributed by atoms with Gasteiger partial charge in [0.05, 0.1) is 19.9 Å². The molecule has 0 amide bonds. The predicted octanol–water partition coefficient (Wildman–Crippen LogP) is 3.21. The highest BCUT2D eigenvalue weighted by Gasteiger charge is 2.15. The molecule has 0 spiro atoms. The predicted molar refractivity (Wildman–Crippen MR) is 91.7 cm³/mol. The van der Waals surface area contributed by atoms with E-state index in [0.717, 1.165) is 11.3 Å². The van der Waals surface area contributed by atoms with E-state index in [1.165, 1.54) is 0 Å². The molecule has 0 radical (unpaired) electrons. The van der Waals surface area contributed by atoms with Crippen molar-refractivity contribution < 1.29 is 9.47 Å².